The molecule has 0 spiro atoms. The van der Waals surface area contributed by atoms with Crippen LogP contribution in [0.25, 0.3) is 0 Å². The number of hydrogen-bond acceptors (Lipinski definition) is 3. The Kier molecular flexibility index (Phi) is 5.08. The molecule has 122 valence electrons. The van der Waals surface area contributed by atoms with Crippen molar-refractivity contribution in [2.75, 3.05) is 6.54 Å². The van der Waals surface area contributed by atoms with Crippen LogP contribution in [0.15, 0.2) is 42.9 Å². The van der Waals surface area contributed by atoms with Gasteiger partial charge in [0.2, 0.25) is 5.91 Å². The van der Waals surface area contributed by atoms with Gasteiger partial charge in [-0.1, -0.05) is 13.0 Å². The molecule has 0 bridgehead atoms. The van der Waals surface area contributed by atoms with Crippen LogP contribution in [0.3, 0.4) is 0 Å². The van der Waals surface area contributed by atoms with E-state index in [1.165, 1.54) is 5.69 Å². The zero-order chi connectivity index (χ0) is 16.1. The van der Waals surface area contributed by atoms with Gasteiger partial charge in [0.15, 0.2) is 0 Å². The lowest BCUT2D eigenvalue weighted by molar-refractivity contribution is -0.133. The number of fused-ring (bicyclic) bond motifs is 1. The number of aromatic nitrogens is 2. The van der Waals surface area contributed by atoms with E-state index in [1.54, 1.807) is 6.20 Å². The molecule has 0 aromatic carbocycles. The molecule has 2 aromatic rings. The lowest BCUT2D eigenvalue weighted by Crippen LogP contribution is -2.37. The summed E-state index contributed by atoms with van der Waals surface area (Å²) in [4.78, 5) is 18.4. The van der Waals surface area contributed by atoms with Gasteiger partial charge in [0.1, 0.15) is 0 Å². The van der Waals surface area contributed by atoms with E-state index < -0.39 is 0 Å². The highest BCUT2D eigenvalue weighted by atomic mass is 16.5. The molecule has 0 radical (unpaired) electrons. The maximum absolute atomic E-state index is 12.4. The second-order valence-electron chi connectivity index (χ2n) is 5.97. The van der Waals surface area contributed by atoms with Gasteiger partial charge in [-0.15, -0.1) is 0 Å². The zero-order valence-corrected chi connectivity index (χ0v) is 13.5. The van der Waals surface area contributed by atoms with Crippen LogP contribution in [0.1, 0.15) is 31.0 Å². The predicted octanol–water partition coefficient (Wildman–Crippen LogP) is 2.61. The molecule has 1 atom stereocenters. The largest absolute Gasteiger partial charge is 0.370 e. The Balaban J connectivity index is 1.70. The summed E-state index contributed by atoms with van der Waals surface area (Å²) in [6.07, 6.45) is 7.09. The van der Waals surface area contributed by atoms with Crippen LogP contribution in [0, 0.1) is 0 Å². The fourth-order valence-corrected chi connectivity index (χ4v) is 2.92. The zero-order valence-electron chi connectivity index (χ0n) is 13.5. The van der Waals surface area contributed by atoms with Gasteiger partial charge in [-0.25, -0.2) is 0 Å². The number of amides is 1. The van der Waals surface area contributed by atoms with E-state index in [4.69, 9.17) is 4.74 Å². The minimum atomic E-state index is -0.00957. The van der Waals surface area contributed by atoms with Crippen LogP contribution in [-0.2, 0) is 29.2 Å². The SMILES string of the molecule is CCCC(=O)N1Cc2cccn2C[C@H](OCc2cccnc2)C1. The number of pyridine rings is 1. The highest BCUT2D eigenvalue weighted by Gasteiger charge is 2.24. The fraction of sp³-hybridized carbons (Fsp3) is 0.444. The molecule has 0 unspecified atom stereocenters. The Labute approximate surface area is 136 Å². The third-order valence-corrected chi connectivity index (χ3v) is 4.13. The van der Waals surface area contributed by atoms with Gasteiger partial charge in [-0.3, -0.25) is 9.78 Å². The molecule has 0 aliphatic carbocycles. The first-order valence-corrected chi connectivity index (χ1v) is 8.18. The molecule has 3 rings (SSSR count). The molecular formula is C18H23N3O2. The average Bonchev–Trinajstić information content (AvgIpc) is 2.92. The van der Waals surface area contributed by atoms with Crippen molar-refractivity contribution in [3.8, 4) is 0 Å². The van der Waals surface area contributed by atoms with E-state index in [0.717, 1.165) is 18.5 Å². The van der Waals surface area contributed by atoms with Crippen molar-refractivity contribution in [1.82, 2.24) is 14.5 Å². The minimum absolute atomic E-state index is 0.00957. The van der Waals surface area contributed by atoms with Crippen LogP contribution < -0.4 is 0 Å². The lowest BCUT2D eigenvalue weighted by atomic mass is 10.2. The van der Waals surface area contributed by atoms with Crippen molar-refractivity contribution in [1.29, 1.82) is 0 Å². The predicted molar refractivity (Wildman–Crippen MR) is 87.6 cm³/mol. The first-order chi connectivity index (χ1) is 11.3. The third kappa shape index (κ3) is 3.99. The molecule has 5 nitrogen and oxygen atoms in total. The van der Waals surface area contributed by atoms with Gasteiger partial charge in [-0.05, 0) is 30.2 Å². The number of carbonyl (C=O) groups excluding carboxylic acids is 1. The molecule has 3 heterocycles. The summed E-state index contributed by atoms with van der Waals surface area (Å²) < 4.78 is 8.27. The van der Waals surface area contributed by atoms with Crippen molar-refractivity contribution >= 4 is 5.91 Å². The summed E-state index contributed by atoms with van der Waals surface area (Å²) in [5.74, 6) is 0.206. The summed E-state index contributed by atoms with van der Waals surface area (Å²) in [5, 5.41) is 0. The Hall–Kier alpha value is -2.14. The molecule has 5 heteroatoms. The Morgan fingerprint density at radius 3 is 3.04 bits per heavy atom. The van der Waals surface area contributed by atoms with Gasteiger partial charge >= 0.3 is 0 Å². The quantitative estimate of drug-likeness (QED) is 0.852. The van der Waals surface area contributed by atoms with Crippen molar-refractivity contribution in [2.24, 2.45) is 0 Å². The van der Waals surface area contributed by atoms with Crippen molar-refractivity contribution in [3.63, 3.8) is 0 Å². The Bertz CT molecular complexity index is 639. The van der Waals surface area contributed by atoms with Crippen LogP contribution in [0.2, 0.25) is 0 Å². The maximum Gasteiger partial charge on any atom is 0.222 e. The minimum Gasteiger partial charge on any atom is -0.370 e. The van der Waals surface area contributed by atoms with Crippen LogP contribution in [0.5, 0.6) is 0 Å². The topological polar surface area (TPSA) is 47.4 Å². The Morgan fingerprint density at radius 1 is 1.35 bits per heavy atom. The van der Waals surface area contributed by atoms with E-state index in [2.05, 4.69) is 21.8 Å². The molecule has 0 fully saturated rings. The summed E-state index contributed by atoms with van der Waals surface area (Å²) >= 11 is 0. The second-order valence-corrected chi connectivity index (χ2v) is 5.97. The first-order valence-electron chi connectivity index (χ1n) is 8.18. The van der Waals surface area contributed by atoms with E-state index in [0.29, 0.717) is 26.1 Å². The van der Waals surface area contributed by atoms with Crippen molar-refractivity contribution in [3.05, 3.63) is 54.1 Å². The van der Waals surface area contributed by atoms with Gasteiger partial charge in [0.25, 0.3) is 0 Å². The molecule has 0 saturated heterocycles. The van der Waals surface area contributed by atoms with Gasteiger partial charge in [0.05, 0.1) is 25.8 Å². The van der Waals surface area contributed by atoms with E-state index in [9.17, 15) is 4.79 Å². The lowest BCUT2D eigenvalue weighted by Gasteiger charge is -2.24. The fourth-order valence-electron chi connectivity index (χ4n) is 2.92. The highest BCUT2D eigenvalue weighted by molar-refractivity contribution is 5.76. The van der Waals surface area contributed by atoms with E-state index >= 15 is 0 Å². The van der Waals surface area contributed by atoms with E-state index in [-0.39, 0.29) is 12.0 Å². The van der Waals surface area contributed by atoms with Crippen LogP contribution >= 0.6 is 0 Å². The second kappa shape index (κ2) is 7.42. The summed E-state index contributed by atoms with van der Waals surface area (Å²) in [5.41, 5.74) is 2.22. The molecule has 1 aliphatic rings. The normalized spacial score (nSPS) is 17.6. The number of hydrogen-bond donors (Lipinski definition) is 0. The Morgan fingerprint density at radius 2 is 2.26 bits per heavy atom. The summed E-state index contributed by atoms with van der Waals surface area (Å²) in [7, 11) is 0. The van der Waals surface area contributed by atoms with Crippen LogP contribution in [0.4, 0.5) is 0 Å². The molecule has 0 saturated carbocycles. The van der Waals surface area contributed by atoms with Gasteiger partial charge in [-0.2, -0.15) is 0 Å². The monoisotopic (exact) mass is 313 g/mol. The maximum atomic E-state index is 12.4. The van der Waals surface area contributed by atoms with Gasteiger partial charge in [0, 0.05) is 37.3 Å². The number of ether oxygens (including phenoxy) is 1. The number of nitrogens with zero attached hydrogens (tertiary/aromatic N) is 3. The highest BCUT2D eigenvalue weighted by Crippen LogP contribution is 2.17. The van der Waals surface area contributed by atoms with Crippen molar-refractivity contribution in [2.45, 2.75) is 45.6 Å². The molecular weight excluding hydrogens is 290 g/mol. The van der Waals surface area contributed by atoms with Crippen molar-refractivity contribution < 1.29 is 9.53 Å². The summed E-state index contributed by atoms with van der Waals surface area (Å²) in [6.45, 7) is 4.64. The van der Waals surface area contributed by atoms with Crippen LogP contribution in [-0.4, -0.2) is 33.0 Å². The van der Waals surface area contributed by atoms with Gasteiger partial charge < -0.3 is 14.2 Å². The molecule has 0 N–H and O–H groups in total. The van der Waals surface area contributed by atoms with E-state index in [1.807, 2.05) is 36.2 Å². The smallest absolute Gasteiger partial charge is 0.222 e. The molecule has 2 aromatic heterocycles. The standard InChI is InChI=1S/C18H23N3O2/c1-2-5-18(22)21-11-16-7-4-9-20(16)12-17(13-21)23-14-15-6-3-8-19-10-15/h3-4,6-10,17H,2,5,11-14H2,1H3/t17-/m0/s1. The molecule has 23 heavy (non-hydrogen) atoms. The third-order valence-electron chi connectivity index (χ3n) is 4.13. The average molecular weight is 313 g/mol. The first kappa shape index (κ1) is 15.7. The summed E-state index contributed by atoms with van der Waals surface area (Å²) in [6, 6.07) is 8.02. The number of carbonyl (C=O) groups is 1. The molecule has 1 aliphatic heterocycles. The number of rotatable bonds is 5. The molecule has 1 amide bonds.